The normalized spacial score (nSPS) is 20.7. The standard InChI is InChI=1S/C24H30N4O6/c1-27(2)23(31)16-7-8-18-17(13-16)19(20(34-18)21(25)29)26-22(30)14-3-5-15(6-4-14)24(32)28-9-11-33-12-10-28/h7-8,13-15H,3-6,9-12H2,1-2H3,(H2,25,29)(H,26,30). The first-order valence-corrected chi connectivity index (χ1v) is 11.5. The van der Waals surface area contributed by atoms with Crippen LogP contribution in [-0.4, -0.2) is 73.8 Å². The molecular formula is C24H30N4O6. The topological polar surface area (TPSA) is 135 Å². The number of rotatable bonds is 5. The van der Waals surface area contributed by atoms with Gasteiger partial charge in [0, 0.05) is 50.0 Å². The first-order chi connectivity index (χ1) is 16.3. The van der Waals surface area contributed by atoms with Crippen LogP contribution in [0.1, 0.15) is 46.6 Å². The number of carbonyl (C=O) groups excluding carboxylic acids is 4. The highest BCUT2D eigenvalue weighted by Gasteiger charge is 2.33. The fourth-order valence-electron chi connectivity index (χ4n) is 4.66. The summed E-state index contributed by atoms with van der Waals surface area (Å²) in [6, 6.07) is 4.76. The summed E-state index contributed by atoms with van der Waals surface area (Å²) in [7, 11) is 3.28. The number of nitrogens with two attached hydrogens (primary N) is 1. The van der Waals surface area contributed by atoms with Crippen LogP contribution in [0.15, 0.2) is 22.6 Å². The first kappa shape index (κ1) is 23.7. The zero-order chi connectivity index (χ0) is 24.4. The van der Waals surface area contributed by atoms with Gasteiger partial charge in [0.25, 0.3) is 11.8 Å². The van der Waals surface area contributed by atoms with Crippen molar-refractivity contribution < 1.29 is 28.3 Å². The third-order valence-electron chi connectivity index (χ3n) is 6.58. The number of nitrogens with zero attached hydrogens (tertiary/aromatic N) is 2. The minimum absolute atomic E-state index is 0.0855. The Morgan fingerprint density at radius 2 is 1.68 bits per heavy atom. The van der Waals surface area contributed by atoms with Gasteiger partial charge < -0.3 is 30.0 Å². The molecule has 1 aliphatic heterocycles. The third-order valence-corrected chi connectivity index (χ3v) is 6.58. The van der Waals surface area contributed by atoms with Gasteiger partial charge in [-0.1, -0.05) is 0 Å². The van der Waals surface area contributed by atoms with Gasteiger partial charge >= 0.3 is 0 Å². The Kier molecular flexibility index (Phi) is 6.87. The van der Waals surface area contributed by atoms with E-state index in [9.17, 15) is 19.2 Å². The number of fused-ring (bicyclic) bond motifs is 1. The maximum Gasteiger partial charge on any atom is 0.286 e. The van der Waals surface area contributed by atoms with E-state index < -0.39 is 5.91 Å². The summed E-state index contributed by atoms with van der Waals surface area (Å²) in [4.78, 5) is 53.5. The molecule has 34 heavy (non-hydrogen) atoms. The van der Waals surface area contributed by atoms with Crippen LogP contribution in [0, 0.1) is 11.8 Å². The summed E-state index contributed by atoms with van der Waals surface area (Å²) in [6.07, 6.45) is 2.40. The van der Waals surface area contributed by atoms with Crippen LogP contribution in [0.25, 0.3) is 11.0 Å². The van der Waals surface area contributed by atoms with E-state index in [0.717, 1.165) is 0 Å². The number of primary amides is 1. The molecule has 2 fully saturated rings. The number of benzene rings is 1. The van der Waals surface area contributed by atoms with Crippen LogP contribution < -0.4 is 11.1 Å². The monoisotopic (exact) mass is 470 g/mol. The second-order valence-corrected chi connectivity index (χ2v) is 9.06. The molecule has 10 heteroatoms. The van der Waals surface area contributed by atoms with Crippen molar-refractivity contribution in [3.63, 3.8) is 0 Å². The van der Waals surface area contributed by atoms with Crippen molar-refractivity contribution in [3.05, 3.63) is 29.5 Å². The molecule has 0 unspecified atom stereocenters. The quantitative estimate of drug-likeness (QED) is 0.685. The van der Waals surface area contributed by atoms with E-state index in [-0.39, 0.29) is 41.0 Å². The van der Waals surface area contributed by atoms with Crippen LogP contribution in [0.4, 0.5) is 5.69 Å². The minimum atomic E-state index is -0.813. The Balaban J connectivity index is 1.48. The van der Waals surface area contributed by atoms with E-state index >= 15 is 0 Å². The van der Waals surface area contributed by atoms with Crippen LogP contribution in [0.5, 0.6) is 0 Å². The number of morpholine rings is 1. The summed E-state index contributed by atoms with van der Waals surface area (Å²) in [5.41, 5.74) is 6.41. The Labute approximate surface area is 197 Å². The second kappa shape index (κ2) is 9.84. The Hall–Kier alpha value is -3.40. The molecule has 1 saturated heterocycles. The van der Waals surface area contributed by atoms with Gasteiger partial charge in [0.15, 0.2) is 0 Å². The highest BCUT2D eigenvalue weighted by atomic mass is 16.5. The van der Waals surface area contributed by atoms with Gasteiger partial charge in [0.05, 0.1) is 13.2 Å². The lowest BCUT2D eigenvalue weighted by Crippen LogP contribution is -2.44. The molecule has 4 amide bonds. The minimum Gasteiger partial charge on any atom is -0.449 e. The third kappa shape index (κ3) is 4.77. The van der Waals surface area contributed by atoms with Crippen molar-refractivity contribution in [2.45, 2.75) is 25.7 Å². The average molecular weight is 471 g/mol. The number of nitrogens with one attached hydrogen (secondary N) is 1. The molecule has 0 bridgehead atoms. The fourth-order valence-corrected chi connectivity index (χ4v) is 4.66. The van der Waals surface area contributed by atoms with E-state index in [1.165, 1.54) is 4.90 Å². The molecule has 1 saturated carbocycles. The Morgan fingerprint density at radius 3 is 2.29 bits per heavy atom. The Bertz CT molecular complexity index is 1110. The predicted molar refractivity (Wildman–Crippen MR) is 124 cm³/mol. The van der Waals surface area contributed by atoms with Crippen molar-refractivity contribution in [1.29, 1.82) is 0 Å². The van der Waals surface area contributed by atoms with Crippen molar-refractivity contribution >= 4 is 40.3 Å². The molecule has 182 valence electrons. The predicted octanol–water partition coefficient (Wildman–Crippen LogP) is 1.84. The van der Waals surface area contributed by atoms with Gasteiger partial charge in [-0.15, -0.1) is 0 Å². The van der Waals surface area contributed by atoms with Crippen molar-refractivity contribution in [3.8, 4) is 0 Å². The maximum absolute atomic E-state index is 13.1. The van der Waals surface area contributed by atoms with Gasteiger partial charge in [-0.25, -0.2) is 0 Å². The van der Waals surface area contributed by atoms with E-state index in [2.05, 4.69) is 5.32 Å². The lowest BCUT2D eigenvalue weighted by atomic mass is 9.80. The number of hydrogen-bond acceptors (Lipinski definition) is 6. The molecule has 0 radical (unpaired) electrons. The highest BCUT2D eigenvalue weighted by Crippen LogP contribution is 2.35. The molecule has 1 aromatic heterocycles. The second-order valence-electron chi connectivity index (χ2n) is 9.06. The van der Waals surface area contributed by atoms with E-state index in [1.54, 1.807) is 32.3 Å². The number of ether oxygens (including phenoxy) is 1. The maximum atomic E-state index is 13.1. The molecular weight excluding hydrogens is 440 g/mol. The molecule has 10 nitrogen and oxygen atoms in total. The SMILES string of the molecule is CN(C)C(=O)c1ccc2oc(C(N)=O)c(NC(=O)C3CCC(C(=O)N4CCOCC4)CC3)c2c1. The smallest absolute Gasteiger partial charge is 0.286 e. The molecule has 4 rings (SSSR count). The molecule has 1 aliphatic carbocycles. The summed E-state index contributed by atoms with van der Waals surface area (Å²) in [5.74, 6) is -1.70. The van der Waals surface area contributed by atoms with Crippen molar-refractivity contribution in [2.24, 2.45) is 17.6 Å². The molecule has 2 aromatic rings. The van der Waals surface area contributed by atoms with E-state index in [4.69, 9.17) is 14.9 Å². The lowest BCUT2D eigenvalue weighted by Gasteiger charge is -2.33. The number of anilines is 1. The van der Waals surface area contributed by atoms with Crippen LogP contribution in [0.3, 0.4) is 0 Å². The summed E-state index contributed by atoms with van der Waals surface area (Å²) >= 11 is 0. The van der Waals surface area contributed by atoms with E-state index in [1.807, 2.05) is 4.90 Å². The number of carbonyl (C=O) groups is 4. The average Bonchev–Trinajstić information content (AvgIpc) is 3.21. The molecule has 2 heterocycles. The zero-order valence-corrected chi connectivity index (χ0v) is 19.5. The van der Waals surface area contributed by atoms with Crippen molar-refractivity contribution in [2.75, 3.05) is 45.7 Å². The number of amides is 4. The zero-order valence-electron chi connectivity index (χ0n) is 19.5. The molecule has 0 atom stereocenters. The molecule has 2 aliphatic rings. The Morgan fingerprint density at radius 1 is 1.03 bits per heavy atom. The number of hydrogen-bond donors (Lipinski definition) is 2. The summed E-state index contributed by atoms with van der Waals surface area (Å²) < 4.78 is 10.9. The van der Waals surface area contributed by atoms with Gasteiger partial charge in [-0.3, -0.25) is 19.2 Å². The summed E-state index contributed by atoms with van der Waals surface area (Å²) in [5, 5.41) is 3.25. The number of furan rings is 1. The van der Waals surface area contributed by atoms with Gasteiger partial charge in [-0.05, 0) is 43.9 Å². The van der Waals surface area contributed by atoms with Crippen LogP contribution >= 0.6 is 0 Å². The van der Waals surface area contributed by atoms with Gasteiger partial charge in [0.2, 0.25) is 17.6 Å². The molecule has 1 aromatic carbocycles. The first-order valence-electron chi connectivity index (χ1n) is 11.5. The van der Waals surface area contributed by atoms with Gasteiger partial charge in [0.1, 0.15) is 11.3 Å². The molecule has 3 N–H and O–H groups in total. The van der Waals surface area contributed by atoms with Crippen LogP contribution in [-0.2, 0) is 14.3 Å². The largest absolute Gasteiger partial charge is 0.449 e. The van der Waals surface area contributed by atoms with Crippen molar-refractivity contribution in [1.82, 2.24) is 9.80 Å². The fraction of sp³-hybridized carbons (Fsp3) is 0.500. The molecule has 0 spiro atoms. The summed E-state index contributed by atoms with van der Waals surface area (Å²) in [6.45, 7) is 2.35. The lowest BCUT2D eigenvalue weighted by molar-refractivity contribution is -0.141. The highest BCUT2D eigenvalue weighted by molar-refractivity contribution is 6.12. The van der Waals surface area contributed by atoms with Gasteiger partial charge in [-0.2, -0.15) is 0 Å². The van der Waals surface area contributed by atoms with Crippen LogP contribution in [0.2, 0.25) is 0 Å². The van der Waals surface area contributed by atoms with E-state index in [0.29, 0.717) is 68.5 Å².